The highest BCUT2D eigenvalue weighted by atomic mass is 35.5. The van der Waals surface area contributed by atoms with Gasteiger partial charge in [0.25, 0.3) is 0 Å². The molecule has 0 spiro atoms. The van der Waals surface area contributed by atoms with Gasteiger partial charge in [0.2, 0.25) is 5.88 Å². The number of nitrogens with zero attached hydrogens (tertiary/aromatic N) is 1. The molecule has 4 heteroatoms. The fraction of sp³-hybridized carbons (Fsp3) is 0.545. The van der Waals surface area contributed by atoms with Gasteiger partial charge in [0.1, 0.15) is 5.15 Å². The van der Waals surface area contributed by atoms with Crippen LogP contribution in [-0.4, -0.2) is 11.6 Å². The second-order valence-corrected chi connectivity index (χ2v) is 4.41. The van der Waals surface area contributed by atoms with E-state index in [1.54, 1.807) is 12.1 Å². The van der Waals surface area contributed by atoms with Gasteiger partial charge in [0.15, 0.2) is 0 Å². The molecule has 0 unspecified atom stereocenters. The average molecular weight is 227 g/mol. The first-order chi connectivity index (χ1) is 7.24. The van der Waals surface area contributed by atoms with Gasteiger partial charge in [-0.05, 0) is 24.8 Å². The monoisotopic (exact) mass is 226 g/mol. The standard InChI is InChI=1S/C11H15ClN2O/c12-10-5-9(13)6-11(14-10)15-7-8-3-1-2-4-8/h5-6,8H,1-4,7H2,(H2,13,14). The maximum Gasteiger partial charge on any atom is 0.216 e. The van der Waals surface area contributed by atoms with Crippen LogP contribution in [0.25, 0.3) is 0 Å². The van der Waals surface area contributed by atoms with Gasteiger partial charge in [-0.1, -0.05) is 24.4 Å². The van der Waals surface area contributed by atoms with E-state index in [2.05, 4.69) is 4.98 Å². The van der Waals surface area contributed by atoms with E-state index in [1.165, 1.54) is 25.7 Å². The Hall–Kier alpha value is -0.960. The molecule has 0 saturated heterocycles. The third kappa shape index (κ3) is 2.99. The number of nitrogen functional groups attached to an aromatic ring is 1. The number of halogens is 1. The van der Waals surface area contributed by atoms with E-state index < -0.39 is 0 Å². The van der Waals surface area contributed by atoms with Gasteiger partial charge < -0.3 is 10.5 Å². The van der Waals surface area contributed by atoms with Crippen molar-refractivity contribution < 1.29 is 4.74 Å². The Kier molecular flexibility index (Phi) is 3.31. The minimum Gasteiger partial charge on any atom is -0.477 e. The summed E-state index contributed by atoms with van der Waals surface area (Å²) < 4.78 is 5.58. The van der Waals surface area contributed by atoms with Crippen molar-refractivity contribution in [2.75, 3.05) is 12.3 Å². The van der Waals surface area contributed by atoms with Crippen LogP contribution in [0.3, 0.4) is 0 Å². The van der Waals surface area contributed by atoms with E-state index in [9.17, 15) is 0 Å². The lowest BCUT2D eigenvalue weighted by Crippen LogP contribution is -2.09. The normalized spacial score (nSPS) is 16.9. The maximum atomic E-state index is 5.77. The van der Waals surface area contributed by atoms with Crippen LogP contribution in [0, 0.1) is 5.92 Å². The first-order valence-electron chi connectivity index (χ1n) is 5.30. The molecule has 0 radical (unpaired) electrons. The molecule has 15 heavy (non-hydrogen) atoms. The van der Waals surface area contributed by atoms with Gasteiger partial charge in [0, 0.05) is 11.8 Å². The summed E-state index contributed by atoms with van der Waals surface area (Å²) in [6, 6.07) is 3.32. The summed E-state index contributed by atoms with van der Waals surface area (Å²) in [6.45, 7) is 0.729. The maximum absolute atomic E-state index is 5.77. The predicted octanol–water partition coefficient (Wildman–Crippen LogP) is 2.89. The molecule has 1 heterocycles. The summed E-state index contributed by atoms with van der Waals surface area (Å²) in [4.78, 5) is 4.06. The first kappa shape index (κ1) is 10.6. The van der Waals surface area contributed by atoms with Gasteiger partial charge >= 0.3 is 0 Å². The topological polar surface area (TPSA) is 48.1 Å². The van der Waals surface area contributed by atoms with Crippen LogP contribution in [0.2, 0.25) is 5.15 Å². The van der Waals surface area contributed by atoms with Crippen LogP contribution >= 0.6 is 11.6 Å². The van der Waals surface area contributed by atoms with Gasteiger partial charge in [0.05, 0.1) is 6.61 Å². The van der Waals surface area contributed by atoms with Crippen LogP contribution in [0.5, 0.6) is 5.88 Å². The Labute approximate surface area is 94.6 Å². The van der Waals surface area contributed by atoms with Gasteiger partial charge in [-0.25, -0.2) is 4.98 Å². The SMILES string of the molecule is Nc1cc(Cl)nc(OCC2CCCC2)c1. The van der Waals surface area contributed by atoms with E-state index in [0.29, 0.717) is 22.6 Å². The molecule has 0 aliphatic heterocycles. The number of ether oxygens (including phenoxy) is 1. The summed E-state index contributed by atoms with van der Waals surface area (Å²) in [5.74, 6) is 1.21. The molecule has 3 nitrogen and oxygen atoms in total. The summed E-state index contributed by atoms with van der Waals surface area (Å²) in [6.07, 6.45) is 5.16. The first-order valence-corrected chi connectivity index (χ1v) is 5.68. The van der Waals surface area contributed by atoms with Crippen LogP contribution < -0.4 is 10.5 Å². The zero-order valence-electron chi connectivity index (χ0n) is 8.58. The average Bonchev–Trinajstić information content (AvgIpc) is 2.65. The number of anilines is 1. The van der Waals surface area contributed by atoms with Crippen molar-refractivity contribution >= 4 is 17.3 Å². The van der Waals surface area contributed by atoms with Crippen LogP contribution in [0.4, 0.5) is 5.69 Å². The molecule has 1 aromatic heterocycles. The lowest BCUT2D eigenvalue weighted by Gasteiger charge is -2.10. The quantitative estimate of drug-likeness (QED) is 0.807. The summed E-state index contributed by atoms with van der Waals surface area (Å²) >= 11 is 5.77. The van der Waals surface area contributed by atoms with Crippen molar-refractivity contribution in [3.05, 3.63) is 17.3 Å². The zero-order valence-corrected chi connectivity index (χ0v) is 9.33. The molecule has 0 aromatic carbocycles. The minimum atomic E-state index is 0.386. The second kappa shape index (κ2) is 4.71. The molecule has 1 aromatic rings. The molecule has 0 bridgehead atoms. The van der Waals surface area contributed by atoms with E-state index >= 15 is 0 Å². The molecule has 0 amide bonds. The highest BCUT2D eigenvalue weighted by Crippen LogP contribution is 2.26. The number of hydrogen-bond donors (Lipinski definition) is 1. The molecule has 2 N–H and O–H groups in total. The van der Waals surface area contributed by atoms with Crippen molar-refractivity contribution in [1.29, 1.82) is 0 Å². The lowest BCUT2D eigenvalue weighted by molar-refractivity contribution is 0.244. The number of pyridine rings is 1. The number of nitrogens with two attached hydrogens (primary N) is 1. The van der Waals surface area contributed by atoms with E-state index in [1.807, 2.05) is 0 Å². The smallest absolute Gasteiger partial charge is 0.216 e. The van der Waals surface area contributed by atoms with E-state index in [-0.39, 0.29) is 0 Å². The van der Waals surface area contributed by atoms with Crippen molar-refractivity contribution in [3.63, 3.8) is 0 Å². The third-order valence-electron chi connectivity index (χ3n) is 2.73. The Balaban J connectivity index is 1.92. The Morgan fingerprint density at radius 3 is 2.80 bits per heavy atom. The molecular weight excluding hydrogens is 212 g/mol. The largest absolute Gasteiger partial charge is 0.477 e. The summed E-state index contributed by atoms with van der Waals surface area (Å²) in [5.41, 5.74) is 6.23. The molecule has 0 atom stereocenters. The Morgan fingerprint density at radius 2 is 2.13 bits per heavy atom. The molecular formula is C11H15ClN2O. The molecule has 1 fully saturated rings. The van der Waals surface area contributed by atoms with Gasteiger partial charge in [-0.3, -0.25) is 0 Å². The molecule has 1 aliphatic carbocycles. The van der Waals surface area contributed by atoms with E-state index in [0.717, 1.165) is 6.61 Å². The summed E-state index contributed by atoms with van der Waals surface area (Å²) in [7, 11) is 0. The van der Waals surface area contributed by atoms with Crippen molar-refractivity contribution in [3.8, 4) is 5.88 Å². The zero-order chi connectivity index (χ0) is 10.7. The van der Waals surface area contributed by atoms with Gasteiger partial charge in [-0.2, -0.15) is 0 Å². The third-order valence-corrected chi connectivity index (χ3v) is 2.93. The van der Waals surface area contributed by atoms with Crippen molar-refractivity contribution in [2.45, 2.75) is 25.7 Å². The second-order valence-electron chi connectivity index (χ2n) is 4.02. The van der Waals surface area contributed by atoms with Crippen molar-refractivity contribution in [1.82, 2.24) is 4.98 Å². The molecule has 2 rings (SSSR count). The van der Waals surface area contributed by atoms with Crippen LogP contribution in [0.15, 0.2) is 12.1 Å². The predicted molar refractivity (Wildman–Crippen MR) is 61.1 cm³/mol. The number of aromatic nitrogens is 1. The number of rotatable bonds is 3. The minimum absolute atomic E-state index is 0.386. The Morgan fingerprint density at radius 1 is 1.40 bits per heavy atom. The lowest BCUT2D eigenvalue weighted by atomic mass is 10.1. The number of hydrogen-bond acceptors (Lipinski definition) is 3. The molecule has 1 aliphatic rings. The van der Waals surface area contributed by atoms with Crippen LogP contribution in [-0.2, 0) is 0 Å². The van der Waals surface area contributed by atoms with Gasteiger partial charge in [-0.15, -0.1) is 0 Å². The summed E-state index contributed by atoms with van der Waals surface area (Å²) in [5, 5.41) is 0.386. The van der Waals surface area contributed by atoms with Crippen molar-refractivity contribution in [2.24, 2.45) is 5.92 Å². The molecule has 82 valence electrons. The fourth-order valence-corrected chi connectivity index (χ4v) is 2.16. The highest BCUT2D eigenvalue weighted by Gasteiger charge is 2.15. The Bertz CT molecular complexity index is 317. The van der Waals surface area contributed by atoms with E-state index in [4.69, 9.17) is 22.1 Å². The van der Waals surface area contributed by atoms with Crippen LogP contribution in [0.1, 0.15) is 25.7 Å². The molecule has 1 saturated carbocycles. The fourth-order valence-electron chi connectivity index (χ4n) is 1.95. The highest BCUT2D eigenvalue weighted by molar-refractivity contribution is 6.29.